The Kier molecular flexibility index (Phi) is 29.9. The second kappa shape index (κ2) is 29.3. The molecule has 0 atom stereocenters. The molecule has 1 aromatic carbocycles. The van der Waals surface area contributed by atoms with Crippen LogP contribution in [0.25, 0.3) is 0 Å². The molecule has 0 aliphatic rings. The number of aromatic nitrogens is 3. The van der Waals surface area contributed by atoms with Gasteiger partial charge in [-0.2, -0.15) is 0 Å². The zero-order valence-corrected chi connectivity index (χ0v) is 36.7. The van der Waals surface area contributed by atoms with E-state index in [9.17, 15) is 0 Å². The minimum Gasteiger partial charge on any atom is -0.265 e. The lowest BCUT2D eigenvalue weighted by Gasteiger charge is -2.17. The molecule has 0 aliphatic carbocycles. The van der Waals surface area contributed by atoms with Crippen LogP contribution >= 0.6 is 0 Å². The van der Waals surface area contributed by atoms with E-state index in [1.54, 1.807) is 0 Å². The van der Waals surface area contributed by atoms with E-state index in [2.05, 4.69) is 166 Å². The van der Waals surface area contributed by atoms with Crippen LogP contribution in [0.1, 0.15) is 153 Å². The van der Waals surface area contributed by atoms with E-state index < -0.39 is 0 Å². The highest BCUT2D eigenvalue weighted by molar-refractivity contribution is 5.16. The van der Waals surface area contributed by atoms with E-state index in [0.29, 0.717) is 21.7 Å². The Morgan fingerprint density at radius 1 is 0.392 bits per heavy atom. The number of pyridine rings is 3. The Bertz CT molecular complexity index is 1050. The van der Waals surface area contributed by atoms with Gasteiger partial charge in [0.1, 0.15) is 0 Å². The second-order valence-corrected chi connectivity index (χ2v) is 17.2. The molecule has 3 nitrogen and oxygen atoms in total. The normalized spacial score (nSPS) is 10.5. The minimum absolute atomic E-state index is 0.342. The van der Waals surface area contributed by atoms with Crippen molar-refractivity contribution < 1.29 is 0 Å². The van der Waals surface area contributed by atoms with Gasteiger partial charge in [-0.15, -0.1) is 0 Å². The van der Waals surface area contributed by atoms with Gasteiger partial charge in [0.15, 0.2) is 0 Å². The van der Waals surface area contributed by atoms with Crippen LogP contribution in [-0.2, 0) is 25.7 Å². The summed E-state index contributed by atoms with van der Waals surface area (Å²) in [4.78, 5) is 12.3. The van der Waals surface area contributed by atoms with Crippen LogP contribution in [0.15, 0.2) is 104 Å². The summed E-state index contributed by atoms with van der Waals surface area (Å²) in [6.07, 6.45) is 15.0. The molecule has 51 heavy (non-hydrogen) atoms. The highest BCUT2D eigenvalue weighted by Gasteiger charge is 2.12. The highest BCUT2D eigenvalue weighted by Crippen LogP contribution is 2.21. The molecule has 3 aromatic heterocycles. The summed E-state index contributed by atoms with van der Waals surface area (Å²) >= 11 is 0. The summed E-state index contributed by atoms with van der Waals surface area (Å²) < 4.78 is 0. The van der Waals surface area contributed by atoms with Crippen LogP contribution in [0.5, 0.6) is 0 Å². The van der Waals surface area contributed by atoms with Gasteiger partial charge in [-0.25, -0.2) is 0 Å². The van der Waals surface area contributed by atoms with Gasteiger partial charge in [0.05, 0.1) is 0 Å². The molecule has 0 N–H and O–H groups in total. The fraction of sp³-hybridized carbons (Fsp3) is 0.562. The Balaban J connectivity index is -0.000000568. The molecule has 3 heterocycles. The summed E-state index contributed by atoms with van der Waals surface area (Å²) in [6.45, 7) is 39.2. The van der Waals surface area contributed by atoms with Crippen molar-refractivity contribution in [2.75, 3.05) is 0 Å². The van der Waals surface area contributed by atoms with Gasteiger partial charge in [-0.05, 0) is 94.4 Å². The maximum atomic E-state index is 4.26. The van der Waals surface area contributed by atoms with Gasteiger partial charge < -0.3 is 0 Å². The molecule has 4 rings (SSSR count). The Labute approximate surface area is 318 Å². The van der Waals surface area contributed by atoms with Crippen LogP contribution in [-0.4, -0.2) is 15.0 Å². The Hall–Kier alpha value is -3.33. The van der Waals surface area contributed by atoms with Gasteiger partial charge in [0, 0.05) is 36.7 Å². The summed E-state index contributed by atoms with van der Waals surface area (Å²) in [5.41, 5.74) is 6.78. The van der Waals surface area contributed by atoms with Crippen LogP contribution in [0.3, 0.4) is 0 Å². The van der Waals surface area contributed by atoms with Gasteiger partial charge in [-0.1, -0.05) is 174 Å². The van der Waals surface area contributed by atoms with E-state index in [4.69, 9.17) is 0 Å². The molecule has 288 valence electrons. The maximum absolute atomic E-state index is 4.26. The van der Waals surface area contributed by atoms with Crippen LogP contribution < -0.4 is 0 Å². The first kappa shape index (κ1) is 52.0. The average molecular weight is 700 g/mol. The summed E-state index contributed by atoms with van der Waals surface area (Å²) in [5.74, 6) is 0. The third kappa shape index (κ3) is 39.3. The molecule has 0 saturated heterocycles. The molecule has 3 heteroatoms. The summed E-state index contributed by atoms with van der Waals surface area (Å²) in [6, 6.07) is 25.0. The van der Waals surface area contributed by atoms with Gasteiger partial charge in [0.25, 0.3) is 0 Å². The molecular formula is C48H81N3. The SMILES string of the molecule is CC.CC.CC(C)(C)Cc1ccccc1.CC(C)(C)Cc1ccccn1.CC(C)(C)Cc1cccnc1.CC(C)(C)Cc1ccncc1.CCC. The maximum Gasteiger partial charge on any atom is 0.0408 e. The lowest BCUT2D eigenvalue weighted by molar-refractivity contribution is 0.406. The Morgan fingerprint density at radius 3 is 1.16 bits per heavy atom. The van der Waals surface area contributed by atoms with E-state index >= 15 is 0 Å². The van der Waals surface area contributed by atoms with Crippen LogP contribution in [0.4, 0.5) is 0 Å². The van der Waals surface area contributed by atoms with Crippen molar-refractivity contribution in [2.24, 2.45) is 21.7 Å². The molecule has 0 aliphatic heterocycles. The van der Waals surface area contributed by atoms with Gasteiger partial charge in [0.2, 0.25) is 0 Å². The van der Waals surface area contributed by atoms with Gasteiger partial charge >= 0.3 is 0 Å². The van der Waals surface area contributed by atoms with Crippen molar-refractivity contribution in [1.82, 2.24) is 15.0 Å². The van der Waals surface area contributed by atoms with Crippen molar-refractivity contribution in [3.63, 3.8) is 0 Å². The fourth-order valence-electron chi connectivity index (χ4n) is 4.48. The topological polar surface area (TPSA) is 38.7 Å². The second-order valence-electron chi connectivity index (χ2n) is 17.2. The highest BCUT2D eigenvalue weighted by atomic mass is 14.7. The molecule has 0 spiro atoms. The van der Waals surface area contributed by atoms with E-state index in [0.717, 1.165) is 25.7 Å². The van der Waals surface area contributed by atoms with Crippen molar-refractivity contribution in [1.29, 1.82) is 0 Å². The minimum atomic E-state index is 0.342. The molecule has 0 saturated carbocycles. The number of benzene rings is 1. The van der Waals surface area contributed by atoms with Crippen molar-refractivity contribution in [3.05, 3.63) is 126 Å². The molecule has 0 radical (unpaired) electrons. The Morgan fingerprint density at radius 2 is 0.784 bits per heavy atom. The number of hydrogen-bond donors (Lipinski definition) is 0. The molecule has 0 bridgehead atoms. The lowest BCUT2D eigenvalue weighted by atomic mass is 9.88. The van der Waals surface area contributed by atoms with Crippen LogP contribution in [0, 0.1) is 21.7 Å². The van der Waals surface area contributed by atoms with E-state index in [1.807, 2.05) is 76.9 Å². The molecule has 0 unspecified atom stereocenters. The monoisotopic (exact) mass is 700 g/mol. The number of rotatable bonds is 4. The summed E-state index contributed by atoms with van der Waals surface area (Å²) in [5, 5.41) is 0. The first-order valence-corrected chi connectivity index (χ1v) is 19.4. The van der Waals surface area contributed by atoms with Crippen molar-refractivity contribution in [3.8, 4) is 0 Å². The fourth-order valence-corrected chi connectivity index (χ4v) is 4.48. The van der Waals surface area contributed by atoms with Crippen LogP contribution in [0.2, 0.25) is 0 Å². The quantitative estimate of drug-likeness (QED) is 0.213. The smallest absolute Gasteiger partial charge is 0.0408 e. The third-order valence-corrected chi connectivity index (χ3v) is 5.96. The zero-order valence-electron chi connectivity index (χ0n) is 36.7. The molecule has 0 fully saturated rings. The molecule has 0 amide bonds. The van der Waals surface area contributed by atoms with Crippen molar-refractivity contribution in [2.45, 2.75) is 157 Å². The predicted molar refractivity (Wildman–Crippen MR) is 230 cm³/mol. The van der Waals surface area contributed by atoms with Gasteiger partial charge in [-0.3, -0.25) is 15.0 Å². The van der Waals surface area contributed by atoms with Crippen molar-refractivity contribution >= 4 is 0 Å². The largest absolute Gasteiger partial charge is 0.265 e. The first-order valence-electron chi connectivity index (χ1n) is 19.4. The summed E-state index contributed by atoms with van der Waals surface area (Å²) in [7, 11) is 0. The third-order valence-electron chi connectivity index (χ3n) is 5.96. The molecule has 4 aromatic rings. The number of hydrogen-bond acceptors (Lipinski definition) is 3. The number of nitrogens with zero attached hydrogens (tertiary/aromatic N) is 3. The lowest BCUT2D eigenvalue weighted by Crippen LogP contribution is -2.09. The average Bonchev–Trinajstić information content (AvgIpc) is 3.03. The standard InChI is InChI=1S/C11H16.3C10H15N.C3H8.2C2H6/c1-11(2,3)9-10-7-5-4-6-8-10;1-10(2,3)8-9-4-6-11-7-5-9;1-10(2,3)7-9-5-4-6-11-8-9;1-10(2,3)8-9-6-4-5-7-11-9;1-3-2;2*1-2/h4-8H,9H2,1-3H3;4-7H,8H2,1-3H3;4-6,8H,7H2,1-3H3;4-7H,8H2,1-3H3;3H2,1-2H3;2*1-2H3. The molecular weight excluding hydrogens is 619 g/mol. The first-order chi connectivity index (χ1) is 23.7. The van der Waals surface area contributed by atoms with E-state index in [-0.39, 0.29) is 0 Å². The zero-order chi connectivity index (χ0) is 40.0. The predicted octanol–water partition coefficient (Wildman–Crippen LogP) is 14.8. The van der Waals surface area contributed by atoms with E-state index in [1.165, 1.54) is 28.8 Å².